The summed E-state index contributed by atoms with van der Waals surface area (Å²) in [6.07, 6.45) is 2.52. The van der Waals surface area contributed by atoms with Crippen LogP contribution in [-0.4, -0.2) is 50.1 Å². The van der Waals surface area contributed by atoms with Crippen LogP contribution in [0.1, 0.15) is 54.4 Å². The van der Waals surface area contributed by atoms with Crippen LogP contribution in [0.4, 0.5) is 0 Å². The summed E-state index contributed by atoms with van der Waals surface area (Å²) < 4.78 is 0. The summed E-state index contributed by atoms with van der Waals surface area (Å²) in [4.78, 5) is 4.79. The van der Waals surface area contributed by atoms with Gasteiger partial charge in [-0.1, -0.05) is 41.5 Å². The highest BCUT2D eigenvalue weighted by atomic mass is 15.2. The van der Waals surface area contributed by atoms with Crippen LogP contribution in [0.5, 0.6) is 0 Å². The monoisotopic (exact) mass is 232 g/mol. The number of hydrogen-bond acceptors (Lipinski definition) is 2. The maximum absolute atomic E-state index is 2.40. The topological polar surface area (TPSA) is 6.48 Å². The first kappa shape index (κ1) is 21.2. The lowest BCUT2D eigenvalue weighted by Crippen LogP contribution is -2.31. The molecule has 0 N–H and O–H groups in total. The van der Waals surface area contributed by atoms with Gasteiger partial charge in [0.15, 0.2) is 0 Å². The first-order valence-corrected chi connectivity index (χ1v) is 7.07. The van der Waals surface area contributed by atoms with Crippen molar-refractivity contribution in [1.29, 1.82) is 0 Å². The van der Waals surface area contributed by atoms with Crippen molar-refractivity contribution in [2.45, 2.75) is 54.4 Å². The summed E-state index contributed by atoms with van der Waals surface area (Å²) in [5.74, 6) is 0. The highest BCUT2D eigenvalue weighted by Gasteiger charge is 1.99. The lowest BCUT2D eigenvalue weighted by molar-refractivity contribution is 0.257. The van der Waals surface area contributed by atoms with E-state index >= 15 is 0 Å². The van der Waals surface area contributed by atoms with Gasteiger partial charge in [-0.25, -0.2) is 0 Å². The number of rotatable bonds is 7. The largest absolute Gasteiger partial charge is 0.305 e. The van der Waals surface area contributed by atoms with E-state index in [0.29, 0.717) is 0 Å². The molecule has 0 aliphatic rings. The van der Waals surface area contributed by atoms with Crippen LogP contribution >= 0.6 is 0 Å². The van der Waals surface area contributed by atoms with Gasteiger partial charge in [-0.2, -0.15) is 0 Å². The van der Waals surface area contributed by atoms with Crippen LogP contribution in [0.2, 0.25) is 0 Å². The van der Waals surface area contributed by atoms with Gasteiger partial charge in [0, 0.05) is 13.1 Å². The molecule has 0 bridgehead atoms. The molecule has 0 rings (SSSR count). The lowest BCUT2D eigenvalue weighted by Gasteiger charge is -2.20. The van der Waals surface area contributed by atoms with Gasteiger partial charge in [0.1, 0.15) is 0 Å². The summed E-state index contributed by atoms with van der Waals surface area (Å²) in [6.45, 7) is 17.3. The molecule has 0 fully saturated rings. The van der Waals surface area contributed by atoms with Crippen molar-refractivity contribution in [2.24, 2.45) is 0 Å². The first-order chi connectivity index (χ1) is 7.70. The molecule has 2 nitrogen and oxygen atoms in total. The Labute approximate surface area is 105 Å². The SMILES string of the molecule is CC.CC.CCCN(C)CCN(C)CCC. The zero-order valence-corrected chi connectivity index (χ0v) is 13.1. The maximum atomic E-state index is 2.40. The number of likely N-dealkylation sites (N-methyl/N-ethyl adjacent to an activating group) is 2. The molecule has 0 saturated heterocycles. The van der Waals surface area contributed by atoms with Gasteiger partial charge in [-0.05, 0) is 40.0 Å². The minimum Gasteiger partial charge on any atom is -0.305 e. The van der Waals surface area contributed by atoms with E-state index in [4.69, 9.17) is 0 Å². The van der Waals surface area contributed by atoms with Gasteiger partial charge < -0.3 is 9.80 Å². The molecule has 0 aliphatic heterocycles. The smallest absolute Gasteiger partial charge is 0.0106 e. The Hall–Kier alpha value is -0.0800. The molecule has 0 spiro atoms. The fourth-order valence-electron chi connectivity index (χ4n) is 1.33. The highest BCUT2D eigenvalue weighted by Crippen LogP contribution is 1.89. The average Bonchev–Trinajstić information content (AvgIpc) is 2.33. The molecular weight excluding hydrogens is 196 g/mol. The molecule has 0 unspecified atom stereocenters. The van der Waals surface area contributed by atoms with Gasteiger partial charge >= 0.3 is 0 Å². The van der Waals surface area contributed by atoms with E-state index in [0.717, 1.165) is 0 Å². The van der Waals surface area contributed by atoms with Gasteiger partial charge in [0.25, 0.3) is 0 Å². The van der Waals surface area contributed by atoms with Crippen molar-refractivity contribution in [3.8, 4) is 0 Å². The van der Waals surface area contributed by atoms with E-state index in [1.807, 2.05) is 27.7 Å². The Balaban J connectivity index is -0.000000376. The second kappa shape index (κ2) is 20.3. The Morgan fingerprint density at radius 1 is 0.562 bits per heavy atom. The molecule has 2 heteroatoms. The van der Waals surface area contributed by atoms with Crippen molar-refractivity contribution >= 4 is 0 Å². The lowest BCUT2D eigenvalue weighted by atomic mass is 10.4. The maximum Gasteiger partial charge on any atom is 0.0106 e. The zero-order chi connectivity index (χ0) is 13.4. The third kappa shape index (κ3) is 19.5. The molecule has 0 radical (unpaired) electrons. The average molecular weight is 232 g/mol. The Morgan fingerprint density at radius 3 is 1.00 bits per heavy atom. The van der Waals surface area contributed by atoms with Gasteiger partial charge in [0.05, 0.1) is 0 Å². The van der Waals surface area contributed by atoms with Crippen molar-refractivity contribution in [1.82, 2.24) is 9.80 Å². The van der Waals surface area contributed by atoms with Gasteiger partial charge in [-0.3, -0.25) is 0 Å². The quantitative estimate of drug-likeness (QED) is 0.660. The third-order valence-electron chi connectivity index (χ3n) is 2.07. The van der Waals surface area contributed by atoms with E-state index in [9.17, 15) is 0 Å². The molecule has 0 aromatic rings. The molecule has 0 amide bonds. The Bertz CT molecular complexity index is 82.7. The van der Waals surface area contributed by atoms with Crippen LogP contribution in [0.25, 0.3) is 0 Å². The molecular formula is C14H36N2. The second-order valence-corrected chi connectivity index (χ2v) is 3.61. The molecule has 0 aromatic carbocycles. The fraction of sp³-hybridized carbons (Fsp3) is 1.00. The van der Waals surface area contributed by atoms with E-state index in [1.165, 1.54) is 39.0 Å². The van der Waals surface area contributed by atoms with Crippen molar-refractivity contribution in [3.63, 3.8) is 0 Å². The molecule has 0 aliphatic carbocycles. The van der Waals surface area contributed by atoms with E-state index in [-0.39, 0.29) is 0 Å². The number of nitrogens with zero attached hydrogens (tertiary/aromatic N) is 2. The van der Waals surface area contributed by atoms with E-state index in [1.54, 1.807) is 0 Å². The predicted octanol–water partition coefficient (Wildman–Crippen LogP) is 3.72. The molecule has 16 heavy (non-hydrogen) atoms. The third-order valence-corrected chi connectivity index (χ3v) is 2.07. The summed E-state index contributed by atoms with van der Waals surface area (Å²) in [5, 5.41) is 0. The van der Waals surface area contributed by atoms with Crippen LogP contribution in [0, 0.1) is 0 Å². The van der Waals surface area contributed by atoms with Gasteiger partial charge in [-0.15, -0.1) is 0 Å². The van der Waals surface area contributed by atoms with Crippen LogP contribution < -0.4 is 0 Å². The minimum absolute atomic E-state index is 1.20. The van der Waals surface area contributed by atoms with E-state index in [2.05, 4.69) is 37.7 Å². The molecule has 102 valence electrons. The van der Waals surface area contributed by atoms with Crippen molar-refractivity contribution in [3.05, 3.63) is 0 Å². The Morgan fingerprint density at radius 2 is 0.812 bits per heavy atom. The second-order valence-electron chi connectivity index (χ2n) is 3.61. The molecule has 0 heterocycles. The highest BCUT2D eigenvalue weighted by molar-refractivity contribution is 4.55. The summed E-state index contributed by atoms with van der Waals surface area (Å²) >= 11 is 0. The molecule has 0 atom stereocenters. The predicted molar refractivity (Wildman–Crippen MR) is 78.3 cm³/mol. The van der Waals surface area contributed by atoms with Gasteiger partial charge in [0.2, 0.25) is 0 Å². The summed E-state index contributed by atoms with van der Waals surface area (Å²) in [7, 11) is 4.40. The summed E-state index contributed by atoms with van der Waals surface area (Å²) in [5.41, 5.74) is 0. The van der Waals surface area contributed by atoms with Crippen LogP contribution in [0.15, 0.2) is 0 Å². The van der Waals surface area contributed by atoms with Crippen LogP contribution in [-0.2, 0) is 0 Å². The van der Waals surface area contributed by atoms with Crippen LogP contribution in [0.3, 0.4) is 0 Å². The molecule has 0 saturated carbocycles. The van der Waals surface area contributed by atoms with Crippen molar-refractivity contribution < 1.29 is 0 Å². The normalized spacial score (nSPS) is 9.38. The van der Waals surface area contributed by atoms with Crippen molar-refractivity contribution in [2.75, 3.05) is 40.3 Å². The van der Waals surface area contributed by atoms with E-state index < -0.39 is 0 Å². The Kier molecular flexibility index (Phi) is 27.0. The number of hydrogen-bond donors (Lipinski definition) is 0. The minimum atomic E-state index is 1.20. The first-order valence-electron chi connectivity index (χ1n) is 7.07. The molecule has 0 aromatic heterocycles. The fourth-order valence-corrected chi connectivity index (χ4v) is 1.33. The summed E-state index contributed by atoms with van der Waals surface area (Å²) in [6, 6.07) is 0. The zero-order valence-electron chi connectivity index (χ0n) is 13.1. The standard InChI is InChI=1S/C10H24N2.2C2H6/c1-5-7-11(3)9-10-12(4)8-6-2;2*1-2/h5-10H2,1-4H3;2*1-2H3.